The normalized spacial score (nSPS) is 11.6. The number of carbonyl (C=O) groups is 1. The summed E-state index contributed by atoms with van der Waals surface area (Å²) in [4.78, 5) is 18.3. The van der Waals surface area contributed by atoms with Crippen LogP contribution in [-0.4, -0.2) is 36.8 Å². The van der Waals surface area contributed by atoms with Crippen molar-refractivity contribution >= 4 is 11.8 Å². The predicted molar refractivity (Wildman–Crippen MR) is 90.2 cm³/mol. The maximum absolute atomic E-state index is 12.0. The van der Waals surface area contributed by atoms with Crippen LogP contribution in [0.3, 0.4) is 0 Å². The van der Waals surface area contributed by atoms with Crippen molar-refractivity contribution < 1.29 is 9.90 Å². The molecular formula is C17H22N4O2. The molecule has 0 fully saturated rings. The lowest BCUT2D eigenvalue weighted by molar-refractivity contribution is 0.216. The SMILES string of the molecule is CN(C)c1cccc(CNC(=O)NC(CO)c2ccccc2)n1. The summed E-state index contributed by atoms with van der Waals surface area (Å²) in [7, 11) is 3.83. The van der Waals surface area contributed by atoms with E-state index in [0.717, 1.165) is 17.1 Å². The molecule has 0 bridgehead atoms. The Bertz CT molecular complexity index is 632. The number of anilines is 1. The van der Waals surface area contributed by atoms with Crippen LogP contribution < -0.4 is 15.5 Å². The summed E-state index contributed by atoms with van der Waals surface area (Å²) in [5.74, 6) is 0.835. The Morgan fingerprint density at radius 1 is 1.17 bits per heavy atom. The number of nitrogens with one attached hydrogen (secondary N) is 2. The maximum Gasteiger partial charge on any atom is 0.315 e. The standard InChI is InChI=1S/C17H22N4O2/c1-21(2)16-10-6-9-14(19-16)11-18-17(23)20-15(12-22)13-7-4-3-5-8-13/h3-10,15,22H,11-12H2,1-2H3,(H2,18,20,23). The molecule has 0 aliphatic carbocycles. The van der Waals surface area contributed by atoms with E-state index in [-0.39, 0.29) is 12.6 Å². The van der Waals surface area contributed by atoms with Gasteiger partial charge < -0.3 is 20.6 Å². The van der Waals surface area contributed by atoms with Gasteiger partial charge in [-0.15, -0.1) is 0 Å². The highest BCUT2D eigenvalue weighted by molar-refractivity contribution is 5.74. The number of aromatic nitrogens is 1. The van der Waals surface area contributed by atoms with E-state index < -0.39 is 6.04 Å². The molecule has 6 nitrogen and oxygen atoms in total. The molecule has 1 heterocycles. The summed E-state index contributed by atoms with van der Waals surface area (Å²) in [6.07, 6.45) is 0. The number of benzene rings is 1. The second-order valence-corrected chi connectivity index (χ2v) is 5.35. The molecule has 2 amide bonds. The Morgan fingerprint density at radius 2 is 1.91 bits per heavy atom. The first-order valence-corrected chi connectivity index (χ1v) is 7.43. The number of hydrogen-bond acceptors (Lipinski definition) is 4. The van der Waals surface area contributed by atoms with Crippen molar-refractivity contribution in [2.75, 3.05) is 25.6 Å². The molecule has 0 spiro atoms. The Kier molecular flexibility index (Phi) is 5.94. The molecule has 1 aromatic carbocycles. The van der Waals surface area contributed by atoms with Gasteiger partial charge in [0.25, 0.3) is 0 Å². The highest BCUT2D eigenvalue weighted by Crippen LogP contribution is 2.11. The highest BCUT2D eigenvalue weighted by atomic mass is 16.3. The van der Waals surface area contributed by atoms with Crippen molar-refractivity contribution in [1.82, 2.24) is 15.6 Å². The molecule has 0 saturated carbocycles. The highest BCUT2D eigenvalue weighted by Gasteiger charge is 2.13. The van der Waals surface area contributed by atoms with E-state index in [1.165, 1.54) is 0 Å². The number of carbonyl (C=O) groups excluding carboxylic acids is 1. The van der Waals surface area contributed by atoms with Gasteiger partial charge in [-0.2, -0.15) is 0 Å². The summed E-state index contributed by atoms with van der Waals surface area (Å²) >= 11 is 0. The van der Waals surface area contributed by atoms with Gasteiger partial charge in [0.1, 0.15) is 5.82 Å². The molecule has 0 radical (unpaired) electrons. The van der Waals surface area contributed by atoms with Crippen LogP contribution in [0.5, 0.6) is 0 Å². The van der Waals surface area contributed by atoms with Gasteiger partial charge in [-0.25, -0.2) is 9.78 Å². The number of urea groups is 1. The van der Waals surface area contributed by atoms with Crippen LogP contribution in [-0.2, 0) is 6.54 Å². The second-order valence-electron chi connectivity index (χ2n) is 5.35. The molecule has 23 heavy (non-hydrogen) atoms. The fraction of sp³-hybridized carbons (Fsp3) is 0.294. The van der Waals surface area contributed by atoms with E-state index >= 15 is 0 Å². The number of hydrogen-bond donors (Lipinski definition) is 3. The molecule has 2 aromatic rings. The second kappa shape index (κ2) is 8.14. The predicted octanol–water partition coefficient (Wildman–Crippen LogP) is 1.68. The molecule has 1 atom stereocenters. The van der Waals surface area contributed by atoms with Gasteiger partial charge in [0.15, 0.2) is 0 Å². The van der Waals surface area contributed by atoms with E-state index in [1.807, 2.05) is 67.5 Å². The zero-order valence-corrected chi connectivity index (χ0v) is 13.4. The fourth-order valence-electron chi connectivity index (χ4n) is 2.11. The van der Waals surface area contributed by atoms with Crippen LogP contribution in [0.15, 0.2) is 48.5 Å². The minimum atomic E-state index is -0.433. The molecule has 3 N–H and O–H groups in total. The molecule has 122 valence electrons. The molecule has 0 aliphatic heterocycles. The van der Waals surface area contributed by atoms with Crippen LogP contribution in [0, 0.1) is 0 Å². The molecule has 1 aromatic heterocycles. The van der Waals surface area contributed by atoms with Crippen LogP contribution in [0.1, 0.15) is 17.3 Å². The van der Waals surface area contributed by atoms with Crippen LogP contribution in [0.4, 0.5) is 10.6 Å². The van der Waals surface area contributed by atoms with E-state index in [4.69, 9.17) is 0 Å². The Labute approximate surface area is 136 Å². The van der Waals surface area contributed by atoms with Crippen molar-refractivity contribution in [2.24, 2.45) is 0 Å². The lowest BCUT2D eigenvalue weighted by atomic mass is 10.1. The zero-order valence-electron chi connectivity index (χ0n) is 13.4. The van der Waals surface area contributed by atoms with Crippen LogP contribution in [0.2, 0.25) is 0 Å². The molecule has 0 saturated heterocycles. The first kappa shape index (κ1) is 16.8. The third kappa shape index (κ3) is 4.96. The third-order valence-corrected chi connectivity index (χ3v) is 3.37. The third-order valence-electron chi connectivity index (χ3n) is 3.37. The van der Waals surface area contributed by atoms with Gasteiger partial charge >= 0.3 is 6.03 Å². The quantitative estimate of drug-likeness (QED) is 0.758. The number of nitrogens with zero attached hydrogens (tertiary/aromatic N) is 2. The van der Waals surface area contributed by atoms with Gasteiger partial charge in [-0.1, -0.05) is 36.4 Å². The van der Waals surface area contributed by atoms with Gasteiger partial charge in [0.2, 0.25) is 0 Å². The van der Waals surface area contributed by atoms with Crippen molar-refractivity contribution in [2.45, 2.75) is 12.6 Å². The average Bonchev–Trinajstić information content (AvgIpc) is 2.59. The zero-order chi connectivity index (χ0) is 16.7. The number of rotatable bonds is 6. The van der Waals surface area contributed by atoms with Crippen LogP contribution >= 0.6 is 0 Å². The molecule has 0 aliphatic rings. The van der Waals surface area contributed by atoms with Crippen molar-refractivity contribution in [3.05, 3.63) is 59.8 Å². The van der Waals surface area contributed by atoms with Gasteiger partial charge in [-0.3, -0.25) is 0 Å². The summed E-state index contributed by atoms with van der Waals surface area (Å²) in [6, 6.07) is 14.2. The van der Waals surface area contributed by atoms with E-state index in [9.17, 15) is 9.90 Å². The van der Waals surface area contributed by atoms with Crippen molar-refractivity contribution in [3.8, 4) is 0 Å². The van der Waals surface area contributed by atoms with E-state index in [1.54, 1.807) is 0 Å². The van der Waals surface area contributed by atoms with Gasteiger partial charge in [0, 0.05) is 14.1 Å². The lowest BCUT2D eigenvalue weighted by Gasteiger charge is -2.17. The maximum atomic E-state index is 12.0. The number of pyridine rings is 1. The molecule has 2 rings (SSSR count). The largest absolute Gasteiger partial charge is 0.394 e. The molecule has 1 unspecified atom stereocenters. The first-order chi connectivity index (χ1) is 11.1. The monoisotopic (exact) mass is 314 g/mol. The number of aliphatic hydroxyl groups is 1. The minimum Gasteiger partial charge on any atom is -0.394 e. The topological polar surface area (TPSA) is 77.5 Å². The lowest BCUT2D eigenvalue weighted by Crippen LogP contribution is -2.39. The minimum absolute atomic E-state index is 0.161. The molecule has 6 heteroatoms. The average molecular weight is 314 g/mol. The molecular weight excluding hydrogens is 292 g/mol. The van der Waals surface area contributed by atoms with E-state index in [2.05, 4.69) is 15.6 Å². The van der Waals surface area contributed by atoms with Crippen molar-refractivity contribution in [3.63, 3.8) is 0 Å². The summed E-state index contributed by atoms with van der Waals surface area (Å²) in [5, 5.41) is 15.0. The summed E-state index contributed by atoms with van der Waals surface area (Å²) < 4.78 is 0. The number of aliphatic hydroxyl groups excluding tert-OH is 1. The Morgan fingerprint density at radius 3 is 2.57 bits per heavy atom. The Hall–Kier alpha value is -2.60. The summed E-state index contributed by atoms with van der Waals surface area (Å²) in [6.45, 7) is 0.159. The number of amides is 2. The summed E-state index contributed by atoms with van der Waals surface area (Å²) in [5.41, 5.74) is 1.63. The van der Waals surface area contributed by atoms with Gasteiger partial charge in [-0.05, 0) is 17.7 Å². The first-order valence-electron chi connectivity index (χ1n) is 7.43. The van der Waals surface area contributed by atoms with E-state index in [0.29, 0.717) is 6.54 Å². The smallest absolute Gasteiger partial charge is 0.315 e. The van der Waals surface area contributed by atoms with Crippen LogP contribution in [0.25, 0.3) is 0 Å². The van der Waals surface area contributed by atoms with Gasteiger partial charge in [0.05, 0.1) is 24.9 Å². The van der Waals surface area contributed by atoms with Crippen molar-refractivity contribution in [1.29, 1.82) is 0 Å². The Balaban J connectivity index is 1.90. The fourth-order valence-corrected chi connectivity index (χ4v) is 2.11.